The number of halogens is 1. The third-order valence-electron chi connectivity index (χ3n) is 2.83. The van der Waals surface area contributed by atoms with E-state index in [-0.39, 0.29) is 6.04 Å². The molecule has 1 heterocycles. The van der Waals surface area contributed by atoms with E-state index in [1.54, 1.807) is 19.4 Å². The number of nitrogens with two attached hydrogens (primary N) is 1. The number of ether oxygens (including phenoxy) is 1. The van der Waals surface area contributed by atoms with Crippen molar-refractivity contribution in [1.82, 2.24) is 4.98 Å². The molecule has 2 N–H and O–H groups in total. The molecule has 94 valence electrons. The summed E-state index contributed by atoms with van der Waals surface area (Å²) in [6, 6.07) is 9.24. The summed E-state index contributed by atoms with van der Waals surface area (Å²) in [5, 5.41) is 0.579. The molecule has 18 heavy (non-hydrogen) atoms. The van der Waals surface area contributed by atoms with Gasteiger partial charge in [0.25, 0.3) is 0 Å². The highest BCUT2D eigenvalue weighted by Gasteiger charge is 2.11. The standard InChI is InChI=1S/C14H15ClN2O/c1-9-3-4-11(8-17-9)14(16)10-5-6-12(15)13(7-10)18-2/h3-8,14H,16H2,1-2H3. The largest absolute Gasteiger partial charge is 0.495 e. The summed E-state index contributed by atoms with van der Waals surface area (Å²) in [6.07, 6.45) is 1.79. The van der Waals surface area contributed by atoms with Crippen LogP contribution < -0.4 is 10.5 Å². The summed E-state index contributed by atoms with van der Waals surface area (Å²) < 4.78 is 5.19. The number of methoxy groups -OCH3 is 1. The van der Waals surface area contributed by atoms with Gasteiger partial charge in [0.15, 0.2) is 0 Å². The first-order valence-corrected chi connectivity index (χ1v) is 6.01. The fourth-order valence-corrected chi connectivity index (χ4v) is 1.92. The van der Waals surface area contributed by atoms with Gasteiger partial charge in [-0.3, -0.25) is 4.98 Å². The zero-order valence-corrected chi connectivity index (χ0v) is 11.1. The second-order valence-electron chi connectivity index (χ2n) is 4.10. The van der Waals surface area contributed by atoms with Gasteiger partial charge in [0, 0.05) is 11.9 Å². The van der Waals surface area contributed by atoms with Crippen LogP contribution in [0.4, 0.5) is 0 Å². The zero-order chi connectivity index (χ0) is 13.1. The average molecular weight is 263 g/mol. The van der Waals surface area contributed by atoms with Gasteiger partial charge in [-0.05, 0) is 36.2 Å². The molecule has 1 aromatic carbocycles. The molecule has 0 fully saturated rings. The highest BCUT2D eigenvalue weighted by Crippen LogP contribution is 2.29. The second kappa shape index (κ2) is 5.38. The van der Waals surface area contributed by atoms with Crippen LogP contribution in [0.15, 0.2) is 36.5 Å². The third kappa shape index (κ3) is 2.63. The van der Waals surface area contributed by atoms with E-state index in [9.17, 15) is 0 Å². The minimum atomic E-state index is -0.232. The lowest BCUT2D eigenvalue weighted by Gasteiger charge is -2.14. The van der Waals surface area contributed by atoms with Crippen LogP contribution in [0.25, 0.3) is 0 Å². The number of aryl methyl sites for hydroxylation is 1. The third-order valence-corrected chi connectivity index (χ3v) is 3.14. The smallest absolute Gasteiger partial charge is 0.137 e. The van der Waals surface area contributed by atoms with Crippen molar-refractivity contribution in [3.05, 3.63) is 58.4 Å². The summed E-state index contributed by atoms with van der Waals surface area (Å²) in [5.74, 6) is 0.629. The summed E-state index contributed by atoms with van der Waals surface area (Å²) in [7, 11) is 1.59. The van der Waals surface area contributed by atoms with Crippen molar-refractivity contribution < 1.29 is 4.74 Å². The highest BCUT2D eigenvalue weighted by molar-refractivity contribution is 6.32. The number of pyridine rings is 1. The molecule has 0 saturated heterocycles. The molecule has 0 aliphatic carbocycles. The number of rotatable bonds is 3. The van der Waals surface area contributed by atoms with Crippen LogP contribution in [0, 0.1) is 6.92 Å². The Hall–Kier alpha value is -1.58. The Morgan fingerprint density at radius 1 is 1.22 bits per heavy atom. The molecule has 0 spiro atoms. The lowest BCUT2D eigenvalue weighted by atomic mass is 10.0. The summed E-state index contributed by atoms with van der Waals surface area (Å²) in [5.41, 5.74) is 9.08. The molecule has 0 aliphatic rings. The van der Waals surface area contributed by atoms with Gasteiger partial charge in [-0.1, -0.05) is 23.7 Å². The molecular weight excluding hydrogens is 248 g/mol. The van der Waals surface area contributed by atoms with Crippen LogP contribution in [0.5, 0.6) is 5.75 Å². The number of benzene rings is 1. The van der Waals surface area contributed by atoms with Gasteiger partial charge in [-0.15, -0.1) is 0 Å². The lowest BCUT2D eigenvalue weighted by molar-refractivity contribution is 0.414. The molecule has 0 bridgehead atoms. The highest BCUT2D eigenvalue weighted by atomic mass is 35.5. The molecule has 0 aliphatic heterocycles. The lowest BCUT2D eigenvalue weighted by Crippen LogP contribution is -2.12. The minimum Gasteiger partial charge on any atom is -0.495 e. The van der Waals surface area contributed by atoms with Crippen LogP contribution >= 0.6 is 11.6 Å². The Bertz CT molecular complexity index is 540. The molecule has 0 radical (unpaired) electrons. The minimum absolute atomic E-state index is 0.232. The first kappa shape index (κ1) is 12.9. The van der Waals surface area contributed by atoms with Crippen molar-refractivity contribution in [1.29, 1.82) is 0 Å². The van der Waals surface area contributed by atoms with Gasteiger partial charge >= 0.3 is 0 Å². The fourth-order valence-electron chi connectivity index (χ4n) is 1.73. The van der Waals surface area contributed by atoms with Crippen molar-refractivity contribution in [2.24, 2.45) is 5.73 Å². The van der Waals surface area contributed by atoms with E-state index in [0.717, 1.165) is 16.8 Å². The summed E-state index contributed by atoms with van der Waals surface area (Å²) in [4.78, 5) is 4.25. The Kier molecular flexibility index (Phi) is 3.84. The van der Waals surface area contributed by atoms with E-state index < -0.39 is 0 Å². The monoisotopic (exact) mass is 262 g/mol. The quantitative estimate of drug-likeness (QED) is 0.925. The van der Waals surface area contributed by atoms with Crippen LogP contribution in [0.3, 0.4) is 0 Å². The predicted octanol–water partition coefficient (Wildman–Crippen LogP) is 3.10. The Balaban J connectivity index is 2.33. The van der Waals surface area contributed by atoms with Crippen molar-refractivity contribution in [3.8, 4) is 5.75 Å². The van der Waals surface area contributed by atoms with Gasteiger partial charge in [0.05, 0.1) is 18.2 Å². The zero-order valence-electron chi connectivity index (χ0n) is 10.4. The van der Waals surface area contributed by atoms with E-state index >= 15 is 0 Å². The van der Waals surface area contributed by atoms with Crippen LogP contribution in [0.1, 0.15) is 22.9 Å². The van der Waals surface area contributed by atoms with Crippen LogP contribution in [-0.4, -0.2) is 12.1 Å². The van der Waals surface area contributed by atoms with E-state index in [4.69, 9.17) is 22.1 Å². The van der Waals surface area contributed by atoms with Crippen LogP contribution in [0.2, 0.25) is 5.02 Å². The van der Waals surface area contributed by atoms with Crippen molar-refractivity contribution in [2.45, 2.75) is 13.0 Å². The maximum absolute atomic E-state index is 6.20. The molecule has 0 amide bonds. The molecule has 3 nitrogen and oxygen atoms in total. The maximum atomic E-state index is 6.20. The summed E-state index contributed by atoms with van der Waals surface area (Å²) in [6.45, 7) is 1.95. The first-order chi connectivity index (χ1) is 8.61. The van der Waals surface area contributed by atoms with E-state index in [0.29, 0.717) is 10.8 Å². The van der Waals surface area contributed by atoms with Crippen molar-refractivity contribution in [2.75, 3.05) is 7.11 Å². The second-order valence-corrected chi connectivity index (χ2v) is 4.51. The van der Waals surface area contributed by atoms with Gasteiger partial charge in [-0.25, -0.2) is 0 Å². The van der Waals surface area contributed by atoms with Crippen LogP contribution in [-0.2, 0) is 0 Å². The SMILES string of the molecule is COc1cc(C(N)c2ccc(C)nc2)ccc1Cl. The van der Waals surface area contributed by atoms with Gasteiger partial charge in [-0.2, -0.15) is 0 Å². The normalized spacial score (nSPS) is 12.2. The molecule has 0 saturated carbocycles. The molecule has 1 unspecified atom stereocenters. The molecular formula is C14H15ClN2O. The molecule has 1 aromatic heterocycles. The number of hydrogen-bond acceptors (Lipinski definition) is 3. The Morgan fingerprint density at radius 3 is 2.56 bits per heavy atom. The van der Waals surface area contributed by atoms with Gasteiger partial charge < -0.3 is 10.5 Å². The van der Waals surface area contributed by atoms with E-state index in [2.05, 4.69) is 4.98 Å². The first-order valence-electron chi connectivity index (χ1n) is 5.63. The number of hydrogen-bond donors (Lipinski definition) is 1. The van der Waals surface area contributed by atoms with Crippen molar-refractivity contribution >= 4 is 11.6 Å². The molecule has 4 heteroatoms. The van der Waals surface area contributed by atoms with E-state index in [1.807, 2.05) is 31.2 Å². The predicted molar refractivity (Wildman–Crippen MR) is 73.0 cm³/mol. The Morgan fingerprint density at radius 2 is 1.94 bits per heavy atom. The van der Waals surface area contributed by atoms with Gasteiger partial charge in [0.1, 0.15) is 5.75 Å². The van der Waals surface area contributed by atoms with Gasteiger partial charge in [0.2, 0.25) is 0 Å². The fraction of sp³-hybridized carbons (Fsp3) is 0.214. The number of aromatic nitrogens is 1. The van der Waals surface area contributed by atoms with Crippen molar-refractivity contribution in [3.63, 3.8) is 0 Å². The molecule has 2 rings (SSSR count). The molecule has 2 aromatic rings. The Labute approximate surface area is 112 Å². The molecule has 1 atom stereocenters. The van der Waals surface area contributed by atoms with E-state index in [1.165, 1.54) is 0 Å². The maximum Gasteiger partial charge on any atom is 0.137 e. The summed E-state index contributed by atoms with van der Waals surface area (Å²) >= 11 is 5.99. The average Bonchev–Trinajstić information content (AvgIpc) is 2.39. The topological polar surface area (TPSA) is 48.1 Å². The number of nitrogens with zero attached hydrogens (tertiary/aromatic N) is 1.